The summed E-state index contributed by atoms with van der Waals surface area (Å²) in [5, 5.41) is 9.76. The Morgan fingerprint density at radius 3 is 2.64 bits per heavy atom. The van der Waals surface area contributed by atoms with Gasteiger partial charge in [-0.25, -0.2) is 9.97 Å². The number of aliphatic hydroxyl groups is 1. The maximum absolute atomic E-state index is 9.76. The lowest BCUT2D eigenvalue weighted by Gasteiger charge is -2.08. The largest absolute Gasteiger partial charge is 0.385 e. The summed E-state index contributed by atoms with van der Waals surface area (Å²) in [4.78, 5) is 8.23. The molecule has 3 nitrogen and oxygen atoms in total. The number of nitrogens with zero attached hydrogens (tertiary/aromatic N) is 2. The Kier molecular flexibility index (Phi) is 2.77. The fraction of sp³-hybridized carbons (Fsp3) is 0.636. The van der Waals surface area contributed by atoms with Gasteiger partial charge in [-0.3, -0.25) is 0 Å². The highest BCUT2D eigenvalue weighted by Gasteiger charge is 2.22. The minimum Gasteiger partial charge on any atom is -0.385 e. The van der Waals surface area contributed by atoms with Gasteiger partial charge in [0.2, 0.25) is 0 Å². The molecule has 0 aromatic carbocycles. The third kappa shape index (κ3) is 2.51. The van der Waals surface area contributed by atoms with E-state index in [9.17, 15) is 5.11 Å². The Labute approximate surface area is 84.2 Å². The molecule has 1 aliphatic carbocycles. The standard InChI is InChI=1S/C11H16N2O/c1-8-6-12-11(13-7-8)10(14)5-4-9-2-3-9/h6-7,9-10,14H,2-5H2,1H3. The van der Waals surface area contributed by atoms with Crippen LogP contribution in [0.4, 0.5) is 0 Å². The fourth-order valence-electron chi connectivity index (χ4n) is 1.50. The second kappa shape index (κ2) is 4.05. The third-order valence-corrected chi connectivity index (χ3v) is 2.64. The van der Waals surface area contributed by atoms with Crippen LogP contribution < -0.4 is 0 Å². The molecule has 3 heteroatoms. The van der Waals surface area contributed by atoms with E-state index in [1.165, 1.54) is 12.8 Å². The molecule has 1 saturated carbocycles. The zero-order valence-corrected chi connectivity index (χ0v) is 8.48. The monoisotopic (exact) mass is 192 g/mol. The molecular weight excluding hydrogens is 176 g/mol. The Morgan fingerprint density at radius 2 is 2.07 bits per heavy atom. The van der Waals surface area contributed by atoms with Crippen LogP contribution in [0.25, 0.3) is 0 Å². The first-order valence-corrected chi connectivity index (χ1v) is 5.22. The van der Waals surface area contributed by atoms with Crippen molar-refractivity contribution in [3.05, 3.63) is 23.8 Å². The molecule has 0 aliphatic heterocycles. The van der Waals surface area contributed by atoms with E-state index in [0.29, 0.717) is 5.82 Å². The molecule has 1 aromatic rings. The molecule has 0 radical (unpaired) electrons. The number of aryl methyl sites for hydroxylation is 1. The van der Waals surface area contributed by atoms with Gasteiger partial charge in [-0.15, -0.1) is 0 Å². The van der Waals surface area contributed by atoms with Crippen LogP contribution in [-0.2, 0) is 0 Å². The molecule has 1 heterocycles. The van der Waals surface area contributed by atoms with Crippen molar-refractivity contribution in [3.8, 4) is 0 Å². The minimum absolute atomic E-state index is 0.476. The number of aliphatic hydroxyl groups excluding tert-OH is 1. The summed E-state index contributed by atoms with van der Waals surface area (Å²) < 4.78 is 0. The normalized spacial score (nSPS) is 18.1. The molecule has 1 unspecified atom stereocenters. The van der Waals surface area contributed by atoms with Gasteiger partial charge in [0.1, 0.15) is 6.10 Å². The van der Waals surface area contributed by atoms with E-state index in [-0.39, 0.29) is 0 Å². The topological polar surface area (TPSA) is 46.0 Å². The molecule has 1 N–H and O–H groups in total. The number of aromatic nitrogens is 2. The molecule has 0 spiro atoms. The lowest BCUT2D eigenvalue weighted by atomic mass is 10.1. The van der Waals surface area contributed by atoms with Crippen LogP contribution in [0.15, 0.2) is 12.4 Å². The second-order valence-corrected chi connectivity index (χ2v) is 4.16. The minimum atomic E-state index is -0.476. The summed E-state index contributed by atoms with van der Waals surface area (Å²) in [6, 6.07) is 0. The Balaban J connectivity index is 1.88. The van der Waals surface area contributed by atoms with Crippen molar-refractivity contribution in [1.29, 1.82) is 0 Å². The Bertz CT molecular complexity index is 293. The molecule has 76 valence electrons. The smallest absolute Gasteiger partial charge is 0.156 e. The van der Waals surface area contributed by atoms with Crippen molar-refractivity contribution in [1.82, 2.24) is 9.97 Å². The van der Waals surface area contributed by atoms with E-state index in [2.05, 4.69) is 9.97 Å². The third-order valence-electron chi connectivity index (χ3n) is 2.64. The summed E-state index contributed by atoms with van der Waals surface area (Å²) >= 11 is 0. The van der Waals surface area contributed by atoms with Crippen LogP contribution in [0.3, 0.4) is 0 Å². The number of hydrogen-bond acceptors (Lipinski definition) is 3. The van der Waals surface area contributed by atoms with Gasteiger partial charge >= 0.3 is 0 Å². The van der Waals surface area contributed by atoms with Crippen LogP contribution in [0.2, 0.25) is 0 Å². The predicted octanol–water partition coefficient (Wildman–Crippen LogP) is 2.01. The first-order valence-electron chi connectivity index (χ1n) is 5.22. The van der Waals surface area contributed by atoms with E-state index in [1.807, 2.05) is 6.92 Å². The molecular formula is C11H16N2O. The van der Waals surface area contributed by atoms with E-state index >= 15 is 0 Å². The Hall–Kier alpha value is -0.960. The van der Waals surface area contributed by atoms with Gasteiger partial charge in [0.25, 0.3) is 0 Å². The van der Waals surface area contributed by atoms with E-state index in [1.54, 1.807) is 12.4 Å². The summed E-state index contributed by atoms with van der Waals surface area (Å²) in [7, 11) is 0. The highest BCUT2D eigenvalue weighted by atomic mass is 16.3. The van der Waals surface area contributed by atoms with Gasteiger partial charge in [-0.05, 0) is 31.2 Å². The molecule has 2 rings (SSSR count). The van der Waals surface area contributed by atoms with E-state index in [4.69, 9.17) is 0 Å². The highest BCUT2D eigenvalue weighted by molar-refractivity contribution is 5.03. The van der Waals surface area contributed by atoms with Crippen LogP contribution in [0.5, 0.6) is 0 Å². The number of hydrogen-bond donors (Lipinski definition) is 1. The first kappa shape index (κ1) is 9.59. The van der Waals surface area contributed by atoms with Crippen LogP contribution in [0, 0.1) is 12.8 Å². The number of rotatable bonds is 4. The average molecular weight is 192 g/mol. The van der Waals surface area contributed by atoms with Crippen molar-refractivity contribution in [2.24, 2.45) is 5.92 Å². The summed E-state index contributed by atoms with van der Waals surface area (Å²) in [5.74, 6) is 1.42. The molecule has 1 atom stereocenters. The van der Waals surface area contributed by atoms with Gasteiger partial charge in [-0.2, -0.15) is 0 Å². The summed E-state index contributed by atoms with van der Waals surface area (Å²) in [6.07, 6.45) is 7.61. The van der Waals surface area contributed by atoms with Gasteiger partial charge in [0, 0.05) is 12.4 Å². The fourth-order valence-corrected chi connectivity index (χ4v) is 1.50. The van der Waals surface area contributed by atoms with Crippen molar-refractivity contribution in [2.75, 3.05) is 0 Å². The van der Waals surface area contributed by atoms with E-state index < -0.39 is 6.10 Å². The van der Waals surface area contributed by atoms with Gasteiger partial charge < -0.3 is 5.11 Å². The van der Waals surface area contributed by atoms with Crippen molar-refractivity contribution < 1.29 is 5.11 Å². The molecule has 14 heavy (non-hydrogen) atoms. The van der Waals surface area contributed by atoms with Crippen molar-refractivity contribution in [2.45, 2.75) is 38.7 Å². The summed E-state index contributed by atoms with van der Waals surface area (Å²) in [5.41, 5.74) is 1.03. The zero-order chi connectivity index (χ0) is 9.97. The molecule has 0 bridgehead atoms. The highest BCUT2D eigenvalue weighted by Crippen LogP contribution is 2.35. The van der Waals surface area contributed by atoms with E-state index in [0.717, 1.165) is 24.3 Å². The van der Waals surface area contributed by atoms with Crippen LogP contribution >= 0.6 is 0 Å². The molecule has 0 amide bonds. The molecule has 1 fully saturated rings. The Morgan fingerprint density at radius 1 is 1.43 bits per heavy atom. The lowest BCUT2D eigenvalue weighted by Crippen LogP contribution is -2.03. The van der Waals surface area contributed by atoms with Crippen LogP contribution in [-0.4, -0.2) is 15.1 Å². The van der Waals surface area contributed by atoms with Gasteiger partial charge in [0.15, 0.2) is 5.82 Å². The maximum Gasteiger partial charge on any atom is 0.156 e. The van der Waals surface area contributed by atoms with Crippen molar-refractivity contribution in [3.63, 3.8) is 0 Å². The quantitative estimate of drug-likeness (QED) is 0.793. The second-order valence-electron chi connectivity index (χ2n) is 4.16. The van der Waals surface area contributed by atoms with Gasteiger partial charge in [0.05, 0.1) is 0 Å². The van der Waals surface area contributed by atoms with Gasteiger partial charge in [-0.1, -0.05) is 12.8 Å². The maximum atomic E-state index is 9.76. The molecule has 1 aromatic heterocycles. The average Bonchev–Trinajstić information content (AvgIpc) is 2.99. The predicted molar refractivity (Wildman–Crippen MR) is 53.7 cm³/mol. The van der Waals surface area contributed by atoms with Crippen LogP contribution in [0.1, 0.15) is 43.2 Å². The SMILES string of the molecule is Cc1cnc(C(O)CCC2CC2)nc1. The van der Waals surface area contributed by atoms with Crippen molar-refractivity contribution >= 4 is 0 Å². The molecule has 1 aliphatic rings. The first-order chi connectivity index (χ1) is 6.75. The molecule has 0 saturated heterocycles. The lowest BCUT2D eigenvalue weighted by molar-refractivity contribution is 0.152. The summed E-state index contributed by atoms with van der Waals surface area (Å²) in [6.45, 7) is 1.94. The zero-order valence-electron chi connectivity index (χ0n) is 8.48.